The Labute approximate surface area is 153 Å². The van der Waals surface area contributed by atoms with E-state index in [1.54, 1.807) is 0 Å². The lowest BCUT2D eigenvalue weighted by atomic mass is 10.0. The minimum Gasteiger partial charge on any atom is -0.338 e. The first-order valence-electron chi connectivity index (χ1n) is 8.60. The van der Waals surface area contributed by atoms with Gasteiger partial charge in [0.2, 0.25) is 5.91 Å². The van der Waals surface area contributed by atoms with Gasteiger partial charge >= 0.3 is 0 Å². The maximum absolute atomic E-state index is 12.2. The smallest absolute Gasteiger partial charge is 0.239 e. The van der Waals surface area contributed by atoms with Gasteiger partial charge in [0.25, 0.3) is 0 Å². The molecule has 0 fully saturated rings. The van der Waals surface area contributed by atoms with Crippen molar-refractivity contribution in [2.24, 2.45) is 0 Å². The second-order valence-corrected chi connectivity index (χ2v) is 9.33. The zero-order chi connectivity index (χ0) is 19.2. The van der Waals surface area contributed by atoms with Gasteiger partial charge in [0.05, 0.1) is 5.52 Å². The minimum atomic E-state index is -3.37. The molecule has 0 unspecified atom stereocenters. The molecule has 3 aromatic rings. The van der Waals surface area contributed by atoms with Crippen molar-refractivity contribution in [3.63, 3.8) is 0 Å². The number of aryl methyl sites for hydroxylation is 2. The summed E-state index contributed by atoms with van der Waals surface area (Å²) < 4.78 is 25.1. The van der Waals surface area contributed by atoms with Crippen molar-refractivity contribution >= 4 is 43.2 Å². The van der Waals surface area contributed by atoms with Crippen LogP contribution in [0.4, 0.5) is 5.69 Å². The fourth-order valence-electron chi connectivity index (χ4n) is 3.68. The number of para-hydroxylation sites is 1. The molecule has 1 amide bonds. The molecule has 2 aromatic carbocycles. The summed E-state index contributed by atoms with van der Waals surface area (Å²) in [5, 5.41) is 5.03. The standard InChI is InChI=1S/C20H24N2O3S/c1-12(2)22-16-9-7-6-8-15(16)19-14(4)20(13(3)10-17(19)22)21-18(23)11-26(5,24)25/h6-10,12H,11H2,1-5H3,(H,21,23). The van der Waals surface area contributed by atoms with Crippen LogP contribution in [0, 0.1) is 13.8 Å². The largest absolute Gasteiger partial charge is 0.338 e. The number of aromatic nitrogens is 1. The summed E-state index contributed by atoms with van der Waals surface area (Å²) in [4.78, 5) is 12.2. The molecule has 0 spiro atoms. The SMILES string of the molecule is Cc1cc2c(c(C)c1NC(=O)CS(C)(=O)=O)c1ccccc1n2C(C)C. The zero-order valence-electron chi connectivity index (χ0n) is 15.8. The average molecular weight is 372 g/mol. The Morgan fingerprint density at radius 2 is 1.81 bits per heavy atom. The van der Waals surface area contributed by atoms with E-state index in [0.29, 0.717) is 11.7 Å². The number of benzene rings is 2. The van der Waals surface area contributed by atoms with Gasteiger partial charge in [-0.3, -0.25) is 4.79 Å². The topological polar surface area (TPSA) is 68.2 Å². The van der Waals surface area contributed by atoms with Crippen molar-refractivity contribution in [2.45, 2.75) is 33.7 Å². The van der Waals surface area contributed by atoms with Gasteiger partial charge in [0.15, 0.2) is 9.84 Å². The number of hydrogen-bond acceptors (Lipinski definition) is 3. The van der Waals surface area contributed by atoms with Gasteiger partial charge < -0.3 is 9.88 Å². The second kappa shape index (κ2) is 6.43. The van der Waals surface area contributed by atoms with Crippen LogP contribution < -0.4 is 5.32 Å². The zero-order valence-corrected chi connectivity index (χ0v) is 16.6. The van der Waals surface area contributed by atoms with Crippen molar-refractivity contribution in [2.75, 3.05) is 17.3 Å². The lowest BCUT2D eigenvalue weighted by Gasteiger charge is -2.16. The average Bonchev–Trinajstić information content (AvgIpc) is 2.83. The van der Waals surface area contributed by atoms with E-state index in [1.165, 1.54) is 0 Å². The number of nitrogens with zero attached hydrogens (tertiary/aromatic N) is 1. The third-order valence-corrected chi connectivity index (χ3v) is 5.41. The lowest BCUT2D eigenvalue weighted by molar-refractivity contribution is -0.113. The molecule has 0 radical (unpaired) electrons. The molecule has 1 N–H and O–H groups in total. The summed E-state index contributed by atoms with van der Waals surface area (Å²) in [6.07, 6.45) is 1.06. The van der Waals surface area contributed by atoms with Gasteiger partial charge in [-0.2, -0.15) is 0 Å². The predicted octanol–water partition coefficient (Wildman–Crippen LogP) is 3.98. The molecule has 0 aliphatic rings. The van der Waals surface area contributed by atoms with Crippen LogP contribution in [0.5, 0.6) is 0 Å². The molecule has 0 saturated carbocycles. The molecule has 0 bridgehead atoms. The van der Waals surface area contributed by atoms with Crippen LogP contribution in [0.25, 0.3) is 21.8 Å². The monoisotopic (exact) mass is 372 g/mol. The molecular weight excluding hydrogens is 348 g/mol. The molecular formula is C20H24N2O3S. The van der Waals surface area contributed by atoms with Crippen LogP contribution in [0.3, 0.4) is 0 Å². The number of anilines is 1. The Hall–Kier alpha value is -2.34. The highest BCUT2D eigenvalue weighted by Crippen LogP contribution is 2.38. The lowest BCUT2D eigenvalue weighted by Crippen LogP contribution is -2.22. The molecule has 1 aromatic heterocycles. The molecule has 6 heteroatoms. The molecule has 0 saturated heterocycles. The third-order valence-electron chi connectivity index (χ3n) is 4.62. The fourth-order valence-corrected chi connectivity index (χ4v) is 4.23. The molecule has 1 heterocycles. The highest BCUT2D eigenvalue weighted by Gasteiger charge is 2.19. The van der Waals surface area contributed by atoms with E-state index < -0.39 is 21.5 Å². The maximum Gasteiger partial charge on any atom is 0.239 e. The van der Waals surface area contributed by atoms with Gasteiger partial charge in [0.1, 0.15) is 5.75 Å². The quantitative estimate of drug-likeness (QED) is 0.753. The summed E-state index contributed by atoms with van der Waals surface area (Å²) in [5.41, 5.74) is 4.84. The van der Waals surface area contributed by atoms with Crippen LogP contribution in [0.1, 0.15) is 31.0 Å². The normalized spacial score (nSPS) is 12.2. The van der Waals surface area contributed by atoms with E-state index in [-0.39, 0.29) is 0 Å². The molecule has 0 aliphatic carbocycles. The Morgan fingerprint density at radius 3 is 2.42 bits per heavy atom. The summed E-state index contributed by atoms with van der Waals surface area (Å²) in [6, 6.07) is 10.6. The molecule has 0 atom stereocenters. The van der Waals surface area contributed by atoms with E-state index in [0.717, 1.165) is 39.2 Å². The summed E-state index contributed by atoms with van der Waals surface area (Å²) >= 11 is 0. The highest BCUT2D eigenvalue weighted by atomic mass is 32.2. The van der Waals surface area contributed by atoms with Gasteiger partial charge in [-0.1, -0.05) is 18.2 Å². The van der Waals surface area contributed by atoms with Crippen molar-refractivity contribution in [1.29, 1.82) is 0 Å². The number of carbonyl (C=O) groups excluding carboxylic acids is 1. The van der Waals surface area contributed by atoms with E-state index in [9.17, 15) is 13.2 Å². The first kappa shape index (κ1) is 18.5. The third kappa shape index (κ3) is 3.21. The Morgan fingerprint density at radius 1 is 1.15 bits per heavy atom. The van der Waals surface area contributed by atoms with Crippen molar-refractivity contribution < 1.29 is 13.2 Å². The van der Waals surface area contributed by atoms with Crippen molar-refractivity contribution in [3.8, 4) is 0 Å². The number of hydrogen-bond donors (Lipinski definition) is 1. The fraction of sp³-hybridized carbons (Fsp3) is 0.350. The molecule has 3 rings (SSSR count). The number of amides is 1. The number of rotatable bonds is 4. The van der Waals surface area contributed by atoms with E-state index >= 15 is 0 Å². The van der Waals surface area contributed by atoms with Crippen LogP contribution >= 0.6 is 0 Å². The maximum atomic E-state index is 12.2. The van der Waals surface area contributed by atoms with Gasteiger partial charge in [-0.25, -0.2) is 8.42 Å². The molecule has 26 heavy (non-hydrogen) atoms. The first-order valence-corrected chi connectivity index (χ1v) is 10.7. The van der Waals surface area contributed by atoms with Crippen LogP contribution in [0.15, 0.2) is 30.3 Å². The molecule has 138 valence electrons. The summed E-state index contributed by atoms with van der Waals surface area (Å²) in [5.74, 6) is -1.02. The number of carbonyl (C=O) groups is 1. The van der Waals surface area contributed by atoms with Crippen LogP contribution in [0.2, 0.25) is 0 Å². The van der Waals surface area contributed by atoms with Gasteiger partial charge in [-0.15, -0.1) is 0 Å². The van der Waals surface area contributed by atoms with Crippen LogP contribution in [-0.4, -0.2) is 30.9 Å². The van der Waals surface area contributed by atoms with E-state index in [4.69, 9.17) is 0 Å². The number of nitrogens with one attached hydrogen (secondary N) is 1. The van der Waals surface area contributed by atoms with Crippen LogP contribution in [-0.2, 0) is 14.6 Å². The summed E-state index contributed by atoms with van der Waals surface area (Å²) in [6.45, 7) is 8.21. The minimum absolute atomic E-state index is 0.293. The Bertz CT molecular complexity index is 1130. The number of sulfone groups is 1. The first-order chi connectivity index (χ1) is 12.1. The van der Waals surface area contributed by atoms with E-state index in [2.05, 4.69) is 41.9 Å². The second-order valence-electron chi connectivity index (χ2n) is 7.19. The van der Waals surface area contributed by atoms with Crippen molar-refractivity contribution in [1.82, 2.24) is 4.57 Å². The summed E-state index contributed by atoms with van der Waals surface area (Å²) in [7, 11) is -3.37. The number of fused-ring (bicyclic) bond motifs is 3. The van der Waals surface area contributed by atoms with E-state index in [1.807, 2.05) is 26.0 Å². The van der Waals surface area contributed by atoms with Gasteiger partial charge in [-0.05, 0) is 51.0 Å². The molecule has 5 nitrogen and oxygen atoms in total. The Balaban J connectivity index is 2.25. The van der Waals surface area contributed by atoms with Gasteiger partial charge in [0, 0.05) is 34.3 Å². The Kier molecular flexibility index (Phi) is 4.56. The highest BCUT2D eigenvalue weighted by molar-refractivity contribution is 7.91. The molecule has 0 aliphatic heterocycles. The van der Waals surface area contributed by atoms with Crippen molar-refractivity contribution in [3.05, 3.63) is 41.5 Å². The predicted molar refractivity (Wildman–Crippen MR) is 108 cm³/mol.